The third kappa shape index (κ3) is 3.75. The van der Waals surface area contributed by atoms with E-state index in [0.717, 1.165) is 24.3 Å². The van der Waals surface area contributed by atoms with Gasteiger partial charge in [0.25, 0.3) is 0 Å². The van der Waals surface area contributed by atoms with Crippen molar-refractivity contribution in [2.45, 2.75) is 18.3 Å². The van der Waals surface area contributed by atoms with E-state index in [-0.39, 0.29) is 24.8 Å². The summed E-state index contributed by atoms with van der Waals surface area (Å²) in [5, 5.41) is 13.6. The largest absolute Gasteiger partial charge is 0.480 e. The first-order chi connectivity index (χ1) is 12.1. The zero-order valence-electron chi connectivity index (χ0n) is 14.3. The van der Waals surface area contributed by atoms with Gasteiger partial charge in [0, 0.05) is 12.7 Å². The topological polar surface area (TPSA) is 79.5 Å². The van der Waals surface area contributed by atoms with Crippen LogP contribution < -0.4 is 5.32 Å². The summed E-state index contributed by atoms with van der Waals surface area (Å²) in [5.41, 5.74) is 1.80. The number of piperidine rings is 1. The molecule has 1 saturated heterocycles. The van der Waals surface area contributed by atoms with Crippen molar-refractivity contribution in [1.29, 1.82) is 0 Å². The van der Waals surface area contributed by atoms with Crippen molar-refractivity contribution in [3.05, 3.63) is 53.4 Å². The lowest BCUT2D eigenvalue weighted by Gasteiger charge is -2.33. The van der Waals surface area contributed by atoms with Crippen LogP contribution in [0.5, 0.6) is 0 Å². The minimum absolute atomic E-state index is 0. The quantitative estimate of drug-likeness (QED) is 0.665. The summed E-state index contributed by atoms with van der Waals surface area (Å²) in [5.74, 6) is -0.842. The lowest BCUT2D eigenvalue weighted by Crippen LogP contribution is -2.49. The van der Waals surface area contributed by atoms with Crippen LogP contribution in [0.3, 0.4) is 0 Å². The lowest BCUT2D eigenvalue weighted by molar-refractivity contribution is -0.144. The molecule has 0 aromatic carbocycles. The number of carboxylic acid groups (broad SMARTS) is 1. The van der Waals surface area contributed by atoms with Crippen molar-refractivity contribution >= 4 is 48.0 Å². The predicted molar refractivity (Wildman–Crippen MR) is 109 cm³/mol. The monoisotopic (exact) mass is 428 g/mol. The van der Waals surface area contributed by atoms with Crippen LogP contribution in [-0.2, 0) is 10.2 Å². The number of carboxylic acids is 1. The molecule has 1 aliphatic heterocycles. The van der Waals surface area contributed by atoms with Crippen molar-refractivity contribution in [1.82, 2.24) is 19.7 Å². The van der Waals surface area contributed by atoms with Crippen LogP contribution in [0, 0.1) is 0 Å². The Labute approximate surface area is 173 Å². The second-order valence-electron chi connectivity index (χ2n) is 6.29. The van der Waals surface area contributed by atoms with Crippen LogP contribution in [0.15, 0.2) is 42.7 Å². The molecule has 4 heterocycles. The van der Waals surface area contributed by atoms with Crippen LogP contribution in [0.1, 0.15) is 18.5 Å². The second-order valence-corrected chi connectivity index (χ2v) is 6.73. The molecule has 1 aliphatic rings. The molecule has 1 atom stereocenters. The van der Waals surface area contributed by atoms with Crippen molar-refractivity contribution in [2.24, 2.45) is 0 Å². The Morgan fingerprint density at radius 3 is 2.78 bits per heavy atom. The Morgan fingerprint density at radius 2 is 2.07 bits per heavy atom. The lowest BCUT2D eigenvalue weighted by atomic mass is 9.77. The van der Waals surface area contributed by atoms with Gasteiger partial charge in [-0.05, 0) is 43.7 Å². The summed E-state index contributed by atoms with van der Waals surface area (Å²) < 4.78 is 1.86. The standard InChI is InChI=1S/C18H17ClN4O2.2ClH/c19-12-5-6-16-21-9-14(23(16)10-12)13-3-1-4-15(22-13)18(17(24)25)7-2-8-20-11-18;;/h1,3-6,9-10,20H,2,7-8,11H2,(H,24,25);2*1H. The van der Waals surface area contributed by atoms with Crippen molar-refractivity contribution in [3.8, 4) is 11.4 Å². The van der Waals surface area contributed by atoms with E-state index in [9.17, 15) is 9.90 Å². The summed E-state index contributed by atoms with van der Waals surface area (Å²) in [6.07, 6.45) is 4.89. The number of nitrogens with zero attached hydrogens (tertiary/aromatic N) is 3. The zero-order chi connectivity index (χ0) is 17.4. The number of nitrogens with one attached hydrogen (secondary N) is 1. The number of rotatable bonds is 3. The molecule has 4 rings (SSSR count). The maximum atomic E-state index is 12.0. The molecule has 0 radical (unpaired) electrons. The molecule has 144 valence electrons. The molecule has 1 fully saturated rings. The number of imidazole rings is 1. The van der Waals surface area contributed by atoms with Crippen LogP contribution in [0.25, 0.3) is 17.0 Å². The number of halogens is 3. The van der Waals surface area contributed by atoms with Crippen LogP contribution in [-0.4, -0.2) is 38.5 Å². The summed E-state index contributed by atoms with van der Waals surface area (Å²) >= 11 is 6.10. The van der Waals surface area contributed by atoms with Gasteiger partial charge in [-0.25, -0.2) is 9.97 Å². The molecule has 27 heavy (non-hydrogen) atoms. The summed E-state index contributed by atoms with van der Waals surface area (Å²) in [4.78, 5) is 21.1. The Hall–Kier alpha value is -1.86. The van der Waals surface area contributed by atoms with Crippen molar-refractivity contribution in [3.63, 3.8) is 0 Å². The van der Waals surface area contributed by atoms with Gasteiger partial charge in [-0.3, -0.25) is 9.20 Å². The van der Waals surface area contributed by atoms with Gasteiger partial charge in [0.2, 0.25) is 0 Å². The molecular weight excluding hydrogens is 411 g/mol. The van der Waals surface area contributed by atoms with E-state index in [1.54, 1.807) is 24.5 Å². The van der Waals surface area contributed by atoms with Crippen LogP contribution >= 0.6 is 36.4 Å². The SMILES string of the molecule is Cl.Cl.O=C(O)C1(c2cccc(-c3cnc4ccc(Cl)cn34)n2)CCCNC1. The fourth-order valence-corrected chi connectivity index (χ4v) is 3.56. The molecule has 9 heteroatoms. The van der Waals surface area contributed by atoms with E-state index in [4.69, 9.17) is 11.6 Å². The van der Waals surface area contributed by atoms with E-state index in [2.05, 4.69) is 15.3 Å². The third-order valence-corrected chi connectivity index (χ3v) is 4.99. The Balaban J connectivity index is 0.00000131. The molecule has 0 aliphatic carbocycles. The van der Waals surface area contributed by atoms with E-state index >= 15 is 0 Å². The molecular formula is C18H19Cl3N4O2. The summed E-state index contributed by atoms with van der Waals surface area (Å²) in [6.45, 7) is 1.22. The maximum Gasteiger partial charge on any atom is 0.317 e. The van der Waals surface area contributed by atoms with E-state index < -0.39 is 11.4 Å². The molecule has 0 spiro atoms. The van der Waals surface area contributed by atoms with Gasteiger partial charge in [0.1, 0.15) is 11.1 Å². The number of fused-ring (bicyclic) bond motifs is 1. The Morgan fingerprint density at radius 1 is 1.26 bits per heavy atom. The molecule has 3 aromatic rings. The fourth-order valence-electron chi connectivity index (χ4n) is 3.40. The Kier molecular flexibility index (Phi) is 6.70. The normalized spacial score (nSPS) is 19.1. The fraction of sp³-hybridized carbons (Fsp3) is 0.278. The molecule has 6 nitrogen and oxygen atoms in total. The van der Waals surface area contributed by atoms with Crippen LogP contribution in [0.4, 0.5) is 0 Å². The average molecular weight is 430 g/mol. The number of carbonyl (C=O) groups is 1. The van der Waals surface area contributed by atoms with E-state index in [1.165, 1.54) is 0 Å². The number of pyridine rings is 2. The zero-order valence-corrected chi connectivity index (χ0v) is 16.7. The van der Waals surface area contributed by atoms with Gasteiger partial charge >= 0.3 is 5.97 Å². The molecule has 3 aromatic heterocycles. The molecule has 2 N–H and O–H groups in total. The third-order valence-electron chi connectivity index (χ3n) is 4.76. The highest BCUT2D eigenvalue weighted by Gasteiger charge is 2.43. The molecule has 0 bridgehead atoms. The first kappa shape index (κ1) is 21.4. The smallest absolute Gasteiger partial charge is 0.317 e. The van der Waals surface area contributed by atoms with Crippen LogP contribution in [0.2, 0.25) is 5.02 Å². The van der Waals surface area contributed by atoms with Gasteiger partial charge < -0.3 is 10.4 Å². The number of aromatic nitrogens is 3. The van der Waals surface area contributed by atoms with Gasteiger partial charge in [-0.2, -0.15) is 0 Å². The number of hydrogen-bond donors (Lipinski definition) is 2. The molecule has 1 unspecified atom stereocenters. The van der Waals surface area contributed by atoms with Crippen molar-refractivity contribution < 1.29 is 9.90 Å². The summed E-state index contributed by atoms with van der Waals surface area (Å²) in [7, 11) is 0. The maximum absolute atomic E-state index is 12.0. The van der Waals surface area contributed by atoms with E-state index in [1.807, 2.05) is 22.6 Å². The second kappa shape index (κ2) is 8.44. The highest BCUT2D eigenvalue weighted by molar-refractivity contribution is 6.30. The van der Waals surface area contributed by atoms with Gasteiger partial charge in [-0.1, -0.05) is 17.7 Å². The predicted octanol–water partition coefficient (Wildman–Crippen LogP) is 3.60. The van der Waals surface area contributed by atoms with E-state index in [0.29, 0.717) is 29.4 Å². The van der Waals surface area contributed by atoms with Crippen molar-refractivity contribution in [2.75, 3.05) is 13.1 Å². The number of hydrogen-bond acceptors (Lipinski definition) is 4. The molecule has 0 amide bonds. The first-order valence-corrected chi connectivity index (χ1v) is 8.53. The van der Waals surface area contributed by atoms with Gasteiger partial charge in [-0.15, -0.1) is 24.8 Å². The molecule has 0 saturated carbocycles. The van der Waals surface area contributed by atoms with Gasteiger partial charge in [0.15, 0.2) is 0 Å². The first-order valence-electron chi connectivity index (χ1n) is 8.15. The average Bonchev–Trinajstić information content (AvgIpc) is 3.05. The minimum atomic E-state index is -0.994. The summed E-state index contributed by atoms with van der Waals surface area (Å²) in [6, 6.07) is 9.12. The number of aliphatic carboxylic acids is 1. The Bertz CT molecular complexity index is 955. The minimum Gasteiger partial charge on any atom is -0.480 e. The highest BCUT2D eigenvalue weighted by atomic mass is 35.5. The van der Waals surface area contributed by atoms with Gasteiger partial charge in [0.05, 0.1) is 28.3 Å². The highest BCUT2D eigenvalue weighted by Crippen LogP contribution is 2.32.